The molecule has 0 aliphatic heterocycles. The van der Waals surface area contributed by atoms with Gasteiger partial charge in [0.2, 0.25) is 5.78 Å². The van der Waals surface area contributed by atoms with Gasteiger partial charge in [-0.15, -0.1) is 0 Å². The van der Waals surface area contributed by atoms with Gasteiger partial charge in [-0.1, -0.05) is 44.5 Å². The lowest BCUT2D eigenvalue weighted by Crippen LogP contribution is -2.21. The van der Waals surface area contributed by atoms with Gasteiger partial charge in [0.25, 0.3) is 0 Å². The van der Waals surface area contributed by atoms with Crippen LogP contribution in [0.15, 0.2) is 60.3 Å². The summed E-state index contributed by atoms with van der Waals surface area (Å²) >= 11 is 0. The quantitative estimate of drug-likeness (QED) is 0.805. The summed E-state index contributed by atoms with van der Waals surface area (Å²) in [4.78, 5) is 25.2. The summed E-state index contributed by atoms with van der Waals surface area (Å²) in [6.45, 7) is 4.42. The van der Waals surface area contributed by atoms with Crippen molar-refractivity contribution in [3.8, 4) is 0 Å². The summed E-state index contributed by atoms with van der Waals surface area (Å²) in [5.41, 5.74) is 3.25. The maximum atomic E-state index is 12.7. The van der Waals surface area contributed by atoms with Crippen LogP contribution in [-0.4, -0.2) is 11.6 Å². The highest BCUT2D eigenvalue weighted by Gasteiger charge is 2.25. The molecule has 2 aromatic rings. The Morgan fingerprint density at radius 1 is 0.960 bits per heavy atom. The highest BCUT2D eigenvalue weighted by Crippen LogP contribution is 2.24. The van der Waals surface area contributed by atoms with E-state index in [4.69, 9.17) is 0 Å². The van der Waals surface area contributed by atoms with E-state index in [1.54, 1.807) is 6.07 Å². The zero-order valence-corrected chi connectivity index (χ0v) is 14.7. The predicted molar refractivity (Wildman–Crippen MR) is 101 cm³/mol. The number of carbonyl (C=O) groups is 2. The molecule has 1 N–H and O–H groups in total. The molecule has 0 radical (unpaired) electrons. The number of carbonyl (C=O) groups excluding carboxylic acids is 2. The van der Waals surface area contributed by atoms with Crippen molar-refractivity contribution >= 4 is 17.3 Å². The lowest BCUT2D eigenvalue weighted by molar-refractivity contribution is 0.0985. The van der Waals surface area contributed by atoms with Gasteiger partial charge in [0.1, 0.15) is 0 Å². The van der Waals surface area contributed by atoms with Gasteiger partial charge >= 0.3 is 0 Å². The number of para-hydroxylation sites is 1. The molecule has 0 fully saturated rings. The van der Waals surface area contributed by atoms with Gasteiger partial charge in [0.15, 0.2) is 5.78 Å². The first-order valence-corrected chi connectivity index (χ1v) is 8.80. The molecule has 3 rings (SSSR count). The first-order valence-electron chi connectivity index (χ1n) is 8.80. The highest BCUT2D eigenvalue weighted by molar-refractivity contribution is 6.25. The van der Waals surface area contributed by atoms with Crippen LogP contribution in [0.5, 0.6) is 0 Å². The Labute approximate surface area is 148 Å². The topological polar surface area (TPSA) is 46.2 Å². The Morgan fingerprint density at radius 3 is 2.44 bits per heavy atom. The fourth-order valence-electron chi connectivity index (χ4n) is 3.05. The minimum Gasteiger partial charge on any atom is -0.352 e. The van der Waals surface area contributed by atoms with Crippen LogP contribution >= 0.6 is 0 Å². The van der Waals surface area contributed by atoms with Crippen LogP contribution in [0.1, 0.15) is 53.0 Å². The zero-order chi connectivity index (χ0) is 17.8. The third-order valence-electron chi connectivity index (χ3n) is 4.41. The molecular formula is C22H23NO2. The second-order valence-electron chi connectivity index (χ2n) is 6.91. The molecule has 0 spiro atoms. The Bertz CT molecular complexity index is 819. The molecule has 0 aromatic heterocycles. The number of fused-ring (bicyclic) bond motifs is 1. The Hall–Kier alpha value is -2.68. The third-order valence-corrected chi connectivity index (χ3v) is 4.41. The molecule has 0 bridgehead atoms. The van der Waals surface area contributed by atoms with Crippen LogP contribution in [0.3, 0.4) is 0 Å². The van der Waals surface area contributed by atoms with Gasteiger partial charge in [0, 0.05) is 22.9 Å². The van der Waals surface area contributed by atoms with Gasteiger partial charge in [-0.3, -0.25) is 9.59 Å². The van der Waals surface area contributed by atoms with Crippen molar-refractivity contribution in [2.45, 2.75) is 33.1 Å². The standard InChI is InChI=1S/C22H23NO2/c1-15(2)7-6-8-16-11-12-18-19(13-16)21(24)14-20(22(18)25)23-17-9-4-3-5-10-17/h3-5,9-15,23H,6-8H2,1-2H3. The summed E-state index contributed by atoms with van der Waals surface area (Å²) in [7, 11) is 0. The van der Waals surface area contributed by atoms with Crippen LogP contribution in [0, 0.1) is 5.92 Å². The van der Waals surface area contributed by atoms with Crippen LogP contribution in [-0.2, 0) is 6.42 Å². The Morgan fingerprint density at radius 2 is 1.72 bits per heavy atom. The van der Waals surface area contributed by atoms with E-state index in [1.807, 2.05) is 42.5 Å². The predicted octanol–water partition coefficient (Wildman–Crippen LogP) is 5.04. The van der Waals surface area contributed by atoms with Crippen molar-refractivity contribution in [1.82, 2.24) is 0 Å². The molecule has 0 amide bonds. The molecule has 2 aromatic carbocycles. The maximum Gasteiger partial charge on any atom is 0.210 e. The highest BCUT2D eigenvalue weighted by atomic mass is 16.1. The van der Waals surface area contributed by atoms with Crippen LogP contribution in [0.2, 0.25) is 0 Å². The minimum absolute atomic E-state index is 0.112. The van der Waals surface area contributed by atoms with E-state index in [0.717, 1.165) is 30.5 Å². The molecule has 128 valence electrons. The van der Waals surface area contributed by atoms with Gasteiger partial charge in [-0.2, -0.15) is 0 Å². The fraction of sp³-hybridized carbons (Fsp3) is 0.273. The number of Topliss-reactive ketones (excluding diaryl/α,β-unsaturated/α-hetero) is 1. The second-order valence-corrected chi connectivity index (χ2v) is 6.91. The van der Waals surface area contributed by atoms with Gasteiger partial charge in [0.05, 0.1) is 5.70 Å². The number of hydrogen-bond donors (Lipinski definition) is 1. The first kappa shape index (κ1) is 17.2. The maximum absolute atomic E-state index is 12.7. The fourth-order valence-corrected chi connectivity index (χ4v) is 3.05. The molecule has 3 nitrogen and oxygen atoms in total. The molecule has 0 saturated carbocycles. The second kappa shape index (κ2) is 7.47. The van der Waals surface area contributed by atoms with E-state index in [9.17, 15) is 9.59 Å². The molecule has 1 aliphatic carbocycles. The summed E-state index contributed by atoms with van der Waals surface area (Å²) < 4.78 is 0. The average Bonchev–Trinajstić information content (AvgIpc) is 2.60. The third kappa shape index (κ3) is 4.05. The van der Waals surface area contributed by atoms with Crippen molar-refractivity contribution in [2.24, 2.45) is 5.92 Å². The van der Waals surface area contributed by atoms with E-state index in [0.29, 0.717) is 22.7 Å². The summed E-state index contributed by atoms with van der Waals surface area (Å²) in [5.74, 6) is 0.432. The number of rotatable bonds is 6. The monoisotopic (exact) mass is 333 g/mol. The number of allylic oxidation sites excluding steroid dienone is 2. The lowest BCUT2D eigenvalue weighted by atomic mass is 9.89. The van der Waals surface area contributed by atoms with Crippen molar-refractivity contribution < 1.29 is 9.59 Å². The van der Waals surface area contributed by atoms with Crippen molar-refractivity contribution in [3.63, 3.8) is 0 Å². The largest absolute Gasteiger partial charge is 0.352 e. The smallest absolute Gasteiger partial charge is 0.210 e. The molecular weight excluding hydrogens is 310 g/mol. The summed E-state index contributed by atoms with van der Waals surface area (Å²) in [6, 6.07) is 15.0. The van der Waals surface area contributed by atoms with Gasteiger partial charge in [-0.25, -0.2) is 0 Å². The number of ketones is 2. The summed E-state index contributed by atoms with van der Waals surface area (Å²) in [5, 5.41) is 3.05. The Balaban J connectivity index is 1.79. The van der Waals surface area contributed by atoms with Crippen molar-refractivity contribution in [2.75, 3.05) is 5.32 Å². The number of nitrogens with one attached hydrogen (secondary N) is 1. The van der Waals surface area contributed by atoms with E-state index in [2.05, 4.69) is 19.2 Å². The number of hydrogen-bond acceptors (Lipinski definition) is 3. The molecule has 0 heterocycles. The molecule has 1 aliphatic rings. The molecule has 0 atom stereocenters. The Kier molecular flexibility index (Phi) is 5.13. The zero-order valence-electron chi connectivity index (χ0n) is 14.7. The van der Waals surface area contributed by atoms with Crippen LogP contribution < -0.4 is 5.32 Å². The minimum atomic E-state index is -0.132. The number of aryl methyl sites for hydroxylation is 1. The lowest BCUT2D eigenvalue weighted by Gasteiger charge is -2.17. The van der Waals surface area contributed by atoms with E-state index in [-0.39, 0.29) is 11.6 Å². The average molecular weight is 333 g/mol. The van der Waals surface area contributed by atoms with Crippen molar-refractivity contribution in [3.05, 3.63) is 77.0 Å². The molecule has 0 saturated heterocycles. The normalized spacial score (nSPS) is 13.6. The van der Waals surface area contributed by atoms with Crippen LogP contribution in [0.25, 0.3) is 0 Å². The number of benzene rings is 2. The molecule has 3 heteroatoms. The van der Waals surface area contributed by atoms with Crippen LogP contribution in [0.4, 0.5) is 5.69 Å². The van der Waals surface area contributed by atoms with Crippen molar-refractivity contribution in [1.29, 1.82) is 0 Å². The molecule has 0 unspecified atom stereocenters. The number of anilines is 1. The van der Waals surface area contributed by atoms with Gasteiger partial charge < -0.3 is 5.32 Å². The van der Waals surface area contributed by atoms with Gasteiger partial charge in [-0.05, 0) is 48.6 Å². The SMILES string of the molecule is CC(C)CCCc1ccc2c(c1)C(=O)C=C(Nc1ccccc1)C2=O. The van der Waals surface area contributed by atoms with E-state index in [1.165, 1.54) is 6.08 Å². The first-order chi connectivity index (χ1) is 12.0. The summed E-state index contributed by atoms with van der Waals surface area (Å²) in [6.07, 6.45) is 4.60. The molecule has 25 heavy (non-hydrogen) atoms. The van der Waals surface area contributed by atoms with E-state index < -0.39 is 0 Å². The van der Waals surface area contributed by atoms with E-state index >= 15 is 0 Å².